The highest BCUT2D eigenvalue weighted by molar-refractivity contribution is 5.73. The van der Waals surface area contributed by atoms with Gasteiger partial charge in [0.2, 0.25) is 0 Å². The molecule has 1 aromatic heterocycles. The molecule has 1 heterocycles. The molecule has 0 fully saturated rings. The quantitative estimate of drug-likeness (QED) is 0.530. The van der Waals surface area contributed by atoms with Crippen molar-refractivity contribution in [3.8, 4) is 0 Å². The summed E-state index contributed by atoms with van der Waals surface area (Å²) in [5.74, 6) is -0.991. The van der Waals surface area contributed by atoms with Crippen LogP contribution in [0.25, 0.3) is 0 Å². The first-order chi connectivity index (χ1) is 9.97. The smallest absolute Gasteiger partial charge is 0.325 e. The van der Waals surface area contributed by atoms with Crippen LogP contribution in [-0.4, -0.2) is 64.2 Å². The molecule has 0 unspecified atom stereocenters. The second-order valence-electron chi connectivity index (χ2n) is 4.92. The van der Waals surface area contributed by atoms with E-state index in [1.54, 1.807) is 0 Å². The van der Waals surface area contributed by atoms with Crippen LogP contribution < -0.4 is 10.6 Å². The third kappa shape index (κ3) is 7.88. The third-order valence-electron chi connectivity index (χ3n) is 2.63. The monoisotopic (exact) mass is 298 g/mol. The number of nitrogens with one attached hydrogen (secondary N) is 2. The molecule has 3 N–H and O–H groups in total. The van der Waals surface area contributed by atoms with Gasteiger partial charge in [-0.05, 0) is 33.5 Å². The maximum absolute atomic E-state index is 11.5. The average Bonchev–Trinajstić information content (AvgIpc) is 2.82. The van der Waals surface area contributed by atoms with Crippen LogP contribution in [0.5, 0.6) is 0 Å². The van der Waals surface area contributed by atoms with Gasteiger partial charge in [-0.1, -0.05) is 5.21 Å². The molecule has 0 saturated carbocycles. The van der Waals surface area contributed by atoms with Crippen molar-refractivity contribution in [2.24, 2.45) is 0 Å². The van der Waals surface area contributed by atoms with Crippen molar-refractivity contribution in [1.29, 1.82) is 0 Å². The van der Waals surface area contributed by atoms with Gasteiger partial charge in [-0.2, -0.15) is 0 Å². The molecule has 1 rings (SSSR count). The van der Waals surface area contributed by atoms with Crippen LogP contribution in [0.3, 0.4) is 0 Å². The van der Waals surface area contributed by atoms with Crippen LogP contribution in [0.4, 0.5) is 4.79 Å². The number of carboxylic acids is 1. The lowest BCUT2D eigenvalue weighted by Gasteiger charge is -2.09. The topological polar surface area (TPSA) is 112 Å². The predicted octanol–water partition coefficient (Wildman–Crippen LogP) is -0.496. The maximum Gasteiger partial charge on any atom is 0.325 e. The number of aliphatic carboxylic acids is 1. The van der Waals surface area contributed by atoms with Crippen molar-refractivity contribution >= 4 is 12.0 Å². The summed E-state index contributed by atoms with van der Waals surface area (Å²) in [7, 11) is 4.02. The highest BCUT2D eigenvalue weighted by Crippen LogP contribution is 1.93. The molecule has 0 aromatic carbocycles. The zero-order valence-electron chi connectivity index (χ0n) is 12.4. The lowest BCUT2D eigenvalue weighted by Crippen LogP contribution is -2.35. The van der Waals surface area contributed by atoms with E-state index in [0.29, 0.717) is 12.2 Å². The minimum atomic E-state index is -0.991. The minimum Gasteiger partial charge on any atom is -0.480 e. The van der Waals surface area contributed by atoms with E-state index >= 15 is 0 Å². The second-order valence-corrected chi connectivity index (χ2v) is 4.92. The van der Waals surface area contributed by atoms with Gasteiger partial charge in [-0.15, -0.1) is 5.10 Å². The number of carbonyl (C=O) groups excluding carboxylic acids is 1. The van der Waals surface area contributed by atoms with Crippen molar-refractivity contribution in [3.63, 3.8) is 0 Å². The number of hydrogen-bond acceptors (Lipinski definition) is 5. The number of rotatable bonds is 9. The van der Waals surface area contributed by atoms with E-state index in [0.717, 1.165) is 19.4 Å². The van der Waals surface area contributed by atoms with E-state index in [-0.39, 0.29) is 19.1 Å². The lowest BCUT2D eigenvalue weighted by atomic mass is 10.3. The summed E-state index contributed by atoms with van der Waals surface area (Å²) in [5, 5.41) is 21.4. The van der Waals surface area contributed by atoms with Gasteiger partial charge >= 0.3 is 12.0 Å². The van der Waals surface area contributed by atoms with Crippen LogP contribution >= 0.6 is 0 Å². The summed E-state index contributed by atoms with van der Waals surface area (Å²) < 4.78 is 1.21. The molecular weight excluding hydrogens is 276 g/mol. The second kappa shape index (κ2) is 8.90. The molecule has 0 radical (unpaired) electrons. The molecule has 21 heavy (non-hydrogen) atoms. The van der Waals surface area contributed by atoms with Crippen molar-refractivity contribution in [1.82, 2.24) is 30.5 Å². The fraction of sp³-hybridized carbons (Fsp3) is 0.667. The highest BCUT2D eigenvalue weighted by Gasteiger charge is 2.05. The molecule has 0 atom stereocenters. The Balaban J connectivity index is 2.15. The van der Waals surface area contributed by atoms with Gasteiger partial charge in [0, 0.05) is 6.54 Å². The summed E-state index contributed by atoms with van der Waals surface area (Å²) in [6.07, 6.45) is 3.43. The van der Waals surface area contributed by atoms with Gasteiger partial charge in [0.1, 0.15) is 12.2 Å². The Kier molecular flexibility index (Phi) is 7.16. The number of unbranched alkanes of at least 4 members (excludes halogenated alkanes) is 1. The zero-order chi connectivity index (χ0) is 15.7. The molecule has 0 aliphatic rings. The Hall–Kier alpha value is -2.16. The Morgan fingerprint density at radius 2 is 2.10 bits per heavy atom. The Morgan fingerprint density at radius 3 is 2.76 bits per heavy atom. The number of urea groups is 1. The van der Waals surface area contributed by atoms with Crippen LogP contribution in [0.2, 0.25) is 0 Å². The fourth-order valence-corrected chi connectivity index (χ4v) is 1.62. The first-order valence-corrected chi connectivity index (χ1v) is 6.74. The number of amides is 2. The number of nitrogens with zero attached hydrogens (tertiary/aromatic N) is 4. The van der Waals surface area contributed by atoms with E-state index in [1.165, 1.54) is 10.9 Å². The third-order valence-corrected chi connectivity index (χ3v) is 2.63. The molecular formula is C12H22N6O3. The molecule has 0 spiro atoms. The minimum absolute atomic E-state index is 0.211. The molecule has 9 heteroatoms. The van der Waals surface area contributed by atoms with Crippen molar-refractivity contribution in [3.05, 3.63) is 11.9 Å². The zero-order valence-corrected chi connectivity index (χ0v) is 12.4. The SMILES string of the molecule is CN(C)CCCCNC(=O)NCc1cn(CC(=O)O)nn1. The molecule has 118 valence electrons. The van der Waals surface area contributed by atoms with E-state index in [9.17, 15) is 9.59 Å². The lowest BCUT2D eigenvalue weighted by molar-refractivity contribution is -0.137. The first-order valence-electron chi connectivity index (χ1n) is 6.74. The van der Waals surface area contributed by atoms with Crippen LogP contribution in [-0.2, 0) is 17.9 Å². The normalized spacial score (nSPS) is 10.6. The van der Waals surface area contributed by atoms with Gasteiger partial charge in [0.15, 0.2) is 0 Å². The standard InChI is InChI=1S/C12H22N6O3/c1-17(2)6-4-3-5-13-12(21)14-7-10-8-18(16-15-10)9-11(19)20/h8H,3-7,9H2,1-2H3,(H,19,20)(H2,13,14,21). The molecule has 2 amide bonds. The van der Waals surface area contributed by atoms with Gasteiger partial charge < -0.3 is 20.6 Å². The number of aromatic nitrogens is 3. The first kappa shape index (κ1) is 16.9. The number of carboxylic acid groups (broad SMARTS) is 1. The summed E-state index contributed by atoms with van der Waals surface area (Å²) in [6, 6.07) is -0.271. The van der Waals surface area contributed by atoms with E-state index in [4.69, 9.17) is 5.11 Å². The summed E-state index contributed by atoms with van der Waals surface area (Å²) in [6.45, 7) is 1.58. The molecule has 0 bridgehead atoms. The fourth-order valence-electron chi connectivity index (χ4n) is 1.62. The highest BCUT2D eigenvalue weighted by atomic mass is 16.4. The van der Waals surface area contributed by atoms with Crippen LogP contribution in [0, 0.1) is 0 Å². The number of carbonyl (C=O) groups is 2. The predicted molar refractivity (Wildman–Crippen MR) is 75.7 cm³/mol. The van der Waals surface area contributed by atoms with Gasteiger partial charge in [0.25, 0.3) is 0 Å². The van der Waals surface area contributed by atoms with Crippen molar-refractivity contribution in [2.75, 3.05) is 27.2 Å². The Bertz CT molecular complexity index is 460. The Morgan fingerprint density at radius 1 is 1.33 bits per heavy atom. The average molecular weight is 298 g/mol. The molecule has 1 aromatic rings. The van der Waals surface area contributed by atoms with Gasteiger partial charge in [-0.3, -0.25) is 4.79 Å². The Labute approximate surface area is 123 Å². The molecule has 0 aliphatic carbocycles. The van der Waals surface area contributed by atoms with E-state index in [1.807, 2.05) is 14.1 Å². The summed E-state index contributed by atoms with van der Waals surface area (Å²) in [4.78, 5) is 24.1. The van der Waals surface area contributed by atoms with Crippen molar-refractivity contribution < 1.29 is 14.7 Å². The largest absolute Gasteiger partial charge is 0.480 e. The van der Waals surface area contributed by atoms with Crippen LogP contribution in [0.15, 0.2) is 6.20 Å². The molecule has 9 nitrogen and oxygen atoms in total. The summed E-state index contributed by atoms with van der Waals surface area (Å²) >= 11 is 0. The van der Waals surface area contributed by atoms with Crippen molar-refractivity contribution in [2.45, 2.75) is 25.9 Å². The van der Waals surface area contributed by atoms with Gasteiger partial charge in [0.05, 0.1) is 12.7 Å². The molecule has 0 saturated heterocycles. The van der Waals surface area contributed by atoms with Gasteiger partial charge in [-0.25, -0.2) is 9.48 Å². The number of hydrogen-bond donors (Lipinski definition) is 3. The van der Waals surface area contributed by atoms with E-state index in [2.05, 4.69) is 25.8 Å². The maximum atomic E-state index is 11.5. The van der Waals surface area contributed by atoms with E-state index < -0.39 is 5.97 Å². The summed E-state index contributed by atoms with van der Waals surface area (Å²) in [5.41, 5.74) is 0.513. The molecule has 0 aliphatic heterocycles. The van der Waals surface area contributed by atoms with Crippen LogP contribution in [0.1, 0.15) is 18.5 Å².